The molecule has 2 aliphatic heterocycles. The Kier molecular flexibility index (Phi) is 11.5. The Morgan fingerprint density at radius 3 is 1.38 bits per heavy atom. The first-order chi connectivity index (χ1) is 29.0. The number of hydrogen-bond acceptors (Lipinski definition) is 8. The summed E-state index contributed by atoms with van der Waals surface area (Å²) < 4.78 is 52.4. The monoisotopic (exact) mass is 818 g/mol. The van der Waals surface area contributed by atoms with Gasteiger partial charge in [-0.3, -0.25) is 9.59 Å². The number of fused-ring (bicyclic) bond motifs is 2. The predicted molar refractivity (Wildman–Crippen MR) is 217 cm³/mol. The van der Waals surface area contributed by atoms with Crippen LogP contribution in [-0.4, -0.2) is 81.3 Å². The fourth-order valence-electron chi connectivity index (χ4n) is 8.60. The molecule has 0 saturated carbocycles. The van der Waals surface area contributed by atoms with Crippen LogP contribution in [0.15, 0.2) is 97.1 Å². The zero-order valence-corrected chi connectivity index (χ0v) is 33.1. The highest BCUT2D eigenvalue weighted by atomic mass is 19.1. The zero-order chi connectivity index (χ0) is 41.9. The van der Waals surface area contributed by atoms with Gasteiger partial charge in [0.25, 0.3) is 0 Å². The van der Waals surface area contributed by atoms with Gasteiger partial charge in [-0.25, -0.2) is 18.4 Å². The molecule has 2 N–H and O–H groups in total. The van der Waals surface area contributed by atoms with E-state index in [1.807, 2.05) is 60.7 Å². The van der Waals surface area contributed by atoms with Crippen LogP contribution in [0.5, 0.6) is 0 Å². The van der Waals surface area contributed by atoms with Gasteiger partial charge >= 0.3 is 24.1 Å². The minimum atomic E-state index is -0.588. The maximum absolute atomic E-state index is 14.9. The number of carbonyl (C=O) groups excluding carboxylic acids is 4. The van der Waals surface area contributed by atoms with Crippen molar-refractivity contribution in [2.75, 3.05) is 13.1 Å². The Balaban J connectivity index is 1.17. The summed E-state index contributed by atoms with van der Waals surface area (Å²) in [6, 6.07) is 26.4. The Morgan fingerprint density at radius 2 is 1.00 bits per heavy atom. The summed E-state index contributed by atoms with van der Waals surface area (Å²) in [7, 11) is 0. The van der Waals surface area contributed by atoms with E-state index in [0.717, 1.165) is 22.3 Å². The molecule has 12 nitrogen and oxygen atoms in total. The highest BCUT2D eigenvalue weighted by Gasteiger charge is 2.41. The van der Waals surface area contributed by atoms with E-state index in [4.69, 9.17) is 18.9 Å². The van der Waals surface area contributed by atoms with Crippen molar-refractivity contribution in [2.24, 2.45) is 0 Å². The van der Waals surface area contributed by atoms with Gasteiger partial charge in [0.2, 0.25) is 0 Å². The molecule has 0 aliphatic carbocycles. The van der Waals surface area contributed by atoms with Gasteiger partial charge in [0, 0.05) is 60.6 Å². The van der Waals surface area contributed by atoms with E-state index in [-0.39, 0.29) is 39.1 Å². The molecule has 4 atom stereocenters. The Morgan fingerprint density at radius 1 is 0.600 bits per heavy atom. The van der Waals surface area contributed by atoms with Gasteiger partial charge in [0.1, 0.15) is 37.1 Å². The number of rotatable bonds is 11. The van der Waals surface area contributed by atoms with Crippen molar-refractivity contribution in [1.29, 1.82) is 0 Å². The largest absolute Gasteiger partial charge is 0.461 e. The minimum absolute atomic E-state index is 0.0457. The lowest BCUT2D eigenvalue weighted by atomic mass is 9.95. The van der Waals surface area contributed by atoms with Gasteiger partial charge in [-0.05, 0) is 71.5 Å². The zero-order valence-electron chi connectivity index (χ0n) is 33.1. The Bertz CT molecular complexity index is 2370. The average molecular weight is 819 g/mol. The Hall–Kier alpha value is -6.70. The number of likely N-dealkylation sites (tertiary alicyclic amines) is 2. The number of esters is 2. The molecule has 60 heavy (non-hydrogen) atoms. The second-order valence-corrected chi connectivity index (χ2v) is 15.4. The smallest absolute Gasteiger partial charge is 0.410 e. The lowest BCUT2D eigenvalue weighted by Crippen LogP contribution is -2.38. The van der Waals surface area contributed by atoms with Crippen LogP contribution in [0.4, 0.5) is 18.4 Å². The summed E-state index contributed by atoms with van der Waals surface area (Å²) in [6.45, 7) is 2.96. The van der Waals surface area contributed by atoms with Crippen LogP contribution in [0, 0.1) is 11.6 Å². The molecule has 4 aromatic carbocycles. The molecule has 310 valence electrons. The second kappa shape index (κ2) is 17.3. The van der Waals surface area contributed by atoms with Crippen molar-refractivity contribution in [3.05, 3.63) is 131 Å². The van der Waals surface area contributed by atoms with E-state index in [0.29, 0.717) is 46.0 Å². The van der Waals surface area contributed by atoms with Crippen LogP contribution in [0.2, 0.25) is 0 Å². The molecule has 0 spiro atoms. The summed E-state index contributed by atoms with van der Waals surface area (Å²) >= 11 is 0. The van der Waals surface area contributed by atoms with E-state index in [9.17, 15) is 28.0 Å². The summed E-state index contributed by atoms with van der Waals surface area (Å²) in [5.74, 6) is -1.88. The third kappa shape index (κ3) is 8.82. The van der Waals surface area contributed by atoms with E-state index in [2.05, 4.69) is 9.97 Å². The first-order valence-electron chi connectivity index (χ1n) is 19.9. The van der Waals surface area contributed by atoms with E-state index in [1.165, 1.54) is 38.1 Å². The fraction of sp³-hybridized carbons (Fsp3) is 0.304. The third-order valence-electron chi connectivity index (χ3n) is 11.2. The Labute approximate surface area is 344 Å². The van der Waals surface area contributed by atoms with Crippen LogP contribution in [0.3, 0.4) is 0 Å². The first kappa shape index (κ1) is 40.1. The highest BCUT2D eigenvalue weighted by Crippen LogP contribution is 2.40. The molecule has 4 unspecified atom stereocenters. The number of nitrogens with zero attached hydrogens (tertiary/aromatic N) is 2. The number of aromatic amines is 2. The van der Waals surface area contributed by atoms with Gasteiger partial charge < -0.3 is 38.7 Å². The van der Waals surface area contributed by atoms with Crippen LogP contribution in [0.25, 0.3) is 33.2 Å². The quantitative estimate of drug-likeness (QED) is 0.0981. The summed E-state index contributed by atoms with van der Waals surface area (Å²) in [5.41, 5.74) is 5.22. The molecule has 6 aromatic rings. The molecule has 2 amide bonds. The van der Waals surface area contributed by atoms with Crippen molar-refractivity contribution in [3.8, 4) is 11.4 Å². The lowest BCUT2D eigenvalue weighted by molar-refractivity contribution is -0.146. The van der Waals surface area contributed by atoms with Crippen LogP contribution in [-0.2, 0) is 54.6 Å². The van der Waals surface area contributed by atoms with Gasteiger partial charge in [0.15, 0.2) is 0 Å². The number of carbonyl (C=O) groups is 4. The standard InChI is InChI=1S/C46H44F2N4O8/c1-27(53)59-35-19-33(51(23-35)45(55)57-25-29-9-5-3-6-10-29)21-39-37-15-13-31(47)17-41(37)49-43(39)44-40(38-16-14-32(48)18-42(38)50-44)22-34-20-36(60-28(2)54)24-52(34)46(56)58-26-30-11-7-4-8-12-30/h3-18,33-36,49-50H,19-26H2,1-2H3. The lowest BCUT2D eigenvalue weighted by Gasteiger charge is -2.25. The summed E-state index contributed by atoms with van der Waals surface area (Å²) in [6.07, 6.45) is -1.19. The number of benzene rings is 4. The number of aromatic nitrogens is 2. The maximum Gasteiger partial charge on any atom is 0.410 e. The van der Waals surface area contributed by atoms with Gasteiger partial charge in [-0.15, -0.1) is 0 Å². The number of amides is 2. The van der Waals surface area contributed by atoms with Crippen molar-refractivity contribution >= 4 is 45.9 Å². The van der Waals surface area contributed by atoms with Crippen molar-refractivity contribution in [2.45, 2.75) is 77.0 Å². The molecule has 2 fully saturated rings. The molecule has 0 bridgehead atoms. The molecule has 2 aliphatic rings. The highest BCUT2D eigenvalue weighted by molar-refractivity contribution is 5.96. The molecule has 2 aromatic heterocycles. The molecule has 0 radical (unpaired) electrons. The van der Waals surface area contributed by atoms with Crippen LogP contribution >= 0.6 is 0 Å². The summed E-state index contributed by atoms with van der Waals surface area (Å²) in [4.78, 5) is 61.7. The molecular weight excluding hydrogens is 775 g/mol. The number of H-pyrrole nitrogens is 2. The summed E-state index contributed by atoms with van der Waals surface area (Å²) in [5, 5.41) is 1.38. The molecule has 4 heterocycles. The minimum Gasteiger partial charge on any atom is -0.461 e. The van der Waals surface area contributed by atoms with Crippen molar-refractivity contribution < 1.29 is 46.9 Å². The normalized spacial score (nSPS) is 18.9. The van der Waals surface area contributed by atoms with E-state index >= 15 is 0 Å². The number of hydrogen-bond donors (Lipinski definition) is 2. The van der Waals surface area contributed by atoms with Crippen LogP contribution in [0.1, 0.15) is 48.9 Å². The molecule has 14 heteroatoms. The molecular formula is C46H44F2N4O8. The van der Waals surface area contributed by atoms with Gasteiger partial charge in [-0.1, -0.05) is 60.7 Å². The maximum atomic E-state index is 14.9. The van der Waals surface area contributed by atoms with Gasteiger partial charge in [0.05, 0.1) is 24.5 Å². The fourth-order valence-corrected chi connectivity index (χ4v) is 8.60. The predicted octanol–water partition coefficient (Wildman–Crippen LogP) is 8.37. The van der Waals surface area contributed by atoms with Gasteiger partial charge in [-0.2, -0.15) is 0 Å². The first-order valence-corrected chi connectivity index (χ1v) is 19.9. The second-order valence-electron chi connectivity index (χ2n) is 15.4. The van der Waals surface area contributed by atoms with Crippen LogP contribution < -0.4 is 0 Å². The van der Waals surface area contributed by atoms with E-state index < -0.39 is 60.1 Å². The molecule has 2 saturated heterocycles. The SMILES string of the molecule is CC(=O)OC1CC(Cc2c(-c3[nH]c4cc(F)ccc4c3CC3CC(OC(C)=O)CN3C(=O)OCc3ccccc3)[nH]c3cc(F)ccc23)N(C(=O)OCc2ccccc2)C1. The van der Waals surface area contributed by atoms with Crippen molar-refractivity contribution in [1.82, 2.24) is 19.8 Å². The number of halogens is 2. The number of ether oxygens (including phenoxy) is 4. The van der Waals surface area contributed by atoms with E-state index in [1.54, 1.807) is 21.9 Å². The number of nitrogens with one attached hydrogen (secondary N) is 2. The third-order valence-corrected chi connectivity index (χ3v) is 11.2. The van der Waals surface area contributed by atoms with Crippen molar-refractivity contribution in [3.63, 3.8) is 0 Å². The topological polar surface area (TPSA) is 143 Å². The average Bonchev–Trinajstić information content (AvgIpc) is 3.99. The molecule has 8 rings (SSSR count).